The number of aromatic nitrogens is 5. The van der Waals surface area contributed by atoms with Gasteiger partial charge in [0.1, 0.15) is 16.9 Å². The molecule has 14 heteroatoms. The predicted octanol–water partition coefficient (Wildman–Crippen LogP) is 3.99. The summed E-state index contributed by atoms with van der Waals surface area (Å²) >= 11 is 0. The van der Waals surface area contributed by atoms with Gasteiger partial charge in [-0.1, -0.05) is 0 Å². The van der Waals surface area contributed by atoms with Crippen LogP contribution < -0.4 is 10.1 Å². The van der Waals surface area contributed by atoms with Gasteiger partial charge in [0.15, 0.2) is 5.82 Å². The van der Waals surface area contributed by atoms with Gasteiger partial charge in [0.25, 0.3) is 12.3 Å². The summed E-state index contributed by atoms with van der Waals surface area (Å²) in [7, 11) is 1.36. The Labute approximate surface area is 220 Å². The lowest BCUT2D eigenvalue weighted by Crippen LogP contribution is -2.61. The number of hydrogen-bond donors (Lipinski definition) is 1. The molecule has 2 fully saturated rings. The number of likely N-dealkylation sites (tertiary alicyclic amines) is 1. The van der Waals surface area contributed by atoms with E-state index in [-0.39, 0.29) is 54.9 Å². The Morgan fingerprint density at radius 3 is 2.74 bits per heavy atom. The molecule has 2 aliphatic heterocycles. The molecule has 1 N–H and O–H groups in total. The zero-order chi connectivity index (χ0) is 28.4. The van der Waals surface area contributed by atoms with Crippen molar-refractivity contribution in [2.24, 2.45) is 0 Å². The van der Waals surface area contributed by atoms with E-state index in [0.29, 0.717) is 16.6 Å². The van der Waals surface area contributed by atoms with Crippen LogP contribution in [0.2, 0.25) is 0 Å². The molecule has 1 atom stereocenters. The monoisotopic (exact) mass is 552 g/mol. The van der Waals surface area contributed by atoms with Gasteiger partial charge in [-0.15, -0.1) is 5.10 Å². The fraction of sp³-hybridized carbons (Fsp3) is 0.480. The van der Waals surface area contributed by atoms with Crippen molar-refractivity contribution >= 4 is 22.5 Å². The van der Waals surface area contributed by atoms with Crippen LogP contribution in [0.1, 0.15) is 13.6 Å². The summed E-state index contributed by atoms with van der Waals surface area (Å²) in [6, 6.07) is 2.01. The van der Waals surface area contributed by atoms with Gasteiger partial charge in [-0.2, -0.15) is 4.98 Å². The van der Waals surface area contributed by atoms with Crippen molar-refractivity contribution in [1.29, 1.82) is 0 Å². The number of halogens is 5. The number of aryl methyl sites for hydroxylation is 1. The largest absolute Gasteiger partial charge is 0.479 e. The quantitative estimate of drug-likeness (QED) is 0.348. The first-order valence-corrected chi connectivity index (χ1v) is 12.3. The van der Waals surface area contributed by atoms with Gasteiger partial charge in [-0.25, -0.2) is 31.5 Å². The van der Waals surface area contributed by atoms with Crippen molar-refractivity contribution in [1.82, 2.24) is 29.0 Å². The Balaban J connectivity index is 1.33. The number of imidazole rings is 1. The van der Waals surface area contributed by atoms with Crippen LogP contribution in [0.3, 0.4) is 0 Å². The van der Waals surface area contributed by atoms with Crippen LogP contribution in [0, 0.1) is 12.7 Å². The lowest BCUT2D eigenvalue weighted by Gasteiger charge is -2.44. The molecule has 208 valence electrons. The standard InChI is InChI=1S/C25H26F5N7O2/c1-13-31-21-17(26)7-14(8-18(21)36(13)9-20(27)28)16-3-6-37-22(16)23(38-2)33-24(34-37)32-19-4-5-35(12-25(19,29)30)15-10-39-11-15/h3,6-8,15,19-20H,4-5,9-12H2,1-2H3,(H,32,34)/t19-/m1/s1/i15D. The van der Waals surface area contributed by atoms with Crippen molar-refractivity contribution in [2.75, 3.05) is 38.7 Å². The Kier molecular flexibility index (Phi) is 6.03. The molecule has 2 aliphatic rings. The van der Waals surface area contributed by atoms with Gasteiger partial charge in [0, 0.05) is 18.3 Å². The summed E-state index contributed by atoms with van der Waals surface area (Å²) in [6.07, 6.45) is -1.05. The number of nitrogens with one attached hydrogen (secondary N) is 1. The number of piperidine rings is 1. The van der Waals surface area contributed by atoms with Crippen LogP contribution in [-0.2, 0) is 11.3 Å². The maximum absolute atomic E-state index is 15.1. The van der Waals surface area contributed by atoms with E-state index in [4.69, 9.17) is 10.8 Å². The highest BCUT2D eigenvalue weighted by molar-refractivity contribution is 5.90. The number of methoxy groups -OCH3 is 1. The van der Waals surface area contributed by atoms with Gasteiger partial charge in [0.05, 0.1) is 52.4 Å². The van der Waals surface area contributed by atoms with Gasteiger partial charge >= 0.3 is 0 Å². The minimum atomic E-state index is -3.17. The average molecular weight is 553 g/mol. The van der Waals surface area contributed by atoms with Gasteiger partial charge in [0.2, 0.25) is 11.8 Å². The molecule has 4 aromatic rings. The fourth-order valence-electron chi connectivity index (χ4n) is 5.17. The van der Waals surface area contributed by atoms with Crippen LogP contribution in [0.4, 0.5) is 27.9 Å². The minimum Gasteiger partial charge on any atom is -0.479 e. The molecule has 0 bridgehead atoms. The second-order valence-electron chi connectivity index (χ2n) is 9.68. The number of alkyl halides is 4. The molecule has 2 saturated heterocycles. The molecule has 0 saturated carbocycles. The summed E-state index contributed by atoms with van der Waals surface area (Å²) < 4.78 is 93.0. The Hall–Kier alpha value is -3.52. The zero-order valence-corrected chi connectivity index (χ0v) is 21.1. The Bertz CT molecular complexity index is 1590. The third kappa shape index (κ3) is 4.54. The SMILES string of the molecule is [2H]C1(N2CC[C@@H](Nc3nc(OC)c4c(-c5cc(F)c6nc(C)n(CC(F)F)c6c5)ccn4n3)C(F)(F)C2)COC1. The van der Waals surface area contributed by atoms with E-state index in [1.54, 1.807) is 18.3 Å². The van der Waals surface area contributed by atoms with E-state index in [1.165, 1.54) is 34.1 Å². The molecule has 0 aliphatic carbocycles. The number of fused-ring (bicyclic) bond motifs is 2. The number of rotatable bonds is 7. The minimum absolute atomic E-state index is 0.0201. The Morgan fingerprint density at radius 2 is 2.08 bits per heavy atom. The molecular formula is C25H26F5N7O2. The highest BCUT2D eigenvalue weighted by atomic mass is 19.3. The highest BCUT2D eigenvalue weighted by Gasteiger charge is 2.47. The van der Waals surface area contributed by atoms with Crippen LogP contribution in [-0.4, -0.2) is 86.9 Å². The average Bonchev–Trinajstić information content (AvgIpc) is 3.44. The lowest BCUT2D eigenvalue weighted by atomic mass is 9.98. The molecule has 3 aromatic heterocycles. The zero-order valence-electron chi connectivity index (χ0n) is 22.1. The maximum atomic E-state index is 15.1. The molecule has 0 radical (unpaired) electrons. The first-order valence-electron chi connectivity index (χ1n) is 12.8. The molecule has 5 heterocycles. The van der Waals surface area contributed by atoms with E-state index in [9.17, 15) is 8.78 Å². The van der Waals surface area contributed by atoms with Crippen LogP contribution in [0.5, 0.6) is 5.88 Å². The topological polar surface area (TPSA) is 81.7 Å². The second-order valence-corrected chi connectivity index (χ2v) is 9.68. The number of anilines is 1. The van der Waals surface area contributed by atoms with Crippen molar-refractivity contribution in [3.05, 3.63) is 36.0 Å². The summed E-state index contributed by atoms with van der Waals surface area (Å²) in [5.74, 6) is -3.64. The molecular weight excluding hydrogens is 525 g/mol. The second kappa shape index (κ2) is 9.59. The van der Waals surface area contributed by atoms with E-state index in [1.807, 2.05) is 0 Å². The predicted molar refractivity (Wildman–Crippen MR) is 132 cm³/mol. The van der Waals surface area contributed by atoms with Gasteiger partial charge in [-0.05, 0) is 37.1 Å². The normalized spacial score (nSPS) is 21.3. The molecule has 0 spiro atoms. The van der Waals surface area contributed by atoms with E-state index in [0.717, 1.165) is 0 Å². The molecule has 1 aromatic carbocycles. The van der Waals surface area contributed by atoms with E-state index < -0.39 is 43.3 Å². The molecule has 39 heavy (non-hydrogen) atoms. The number of ether oxygens (including phenoxy) is 2. The third-order valence-corrected chi connectivity index (χ3v) is 7.19. The number of benzene rings is 1. The highest BCUT2D eigenvalue weighted by Crippen LogP contribution is 2.36. The first-order chi connectivity index (χ1) is 19.0. The van der Waals surface area contributed by atoms with Crippen molar-refractivity contribution in [3.63, 3.8) is 0 Å². The Morgan fingerprint density at radius 1 is 1.28 bits per heavy atom. The molecule has 0 unspecified atom stereocenters. The molecule has 0 amide bonds. The van der Waals surface area contributed by atoms with E-state index in [2.05, 4.69) is 20.4 Å². The summed E-state index contributed by atoms with van der Waals surface area (Å²) in [5, 5.41) is 7.05. The summed E-state index contributed by atoms with van der Waals surface area (Å²) in [5.41, 5.74) is 1.34. The molecule has 6 rings (SSSR count). The van der Waals surface area contributed by atoms with Crippen molar-refractivity contribution in [2.45, 2.75) is 44.3 Å². The van der Waals surface area contributed by atoms with Crippen molar-refractivity contribution in [3.8, 4) is 17.0 Å². The third-order valence-electron chi connectivity index (χ3n) is 7.19. The van der Waals surface area contributed by atoms with Gasteiger partial charge in [-0.3, -0.25) is 4.90 Å². The van der Waals surface area contributed by atoms with Crippen molar-refractivity contribution < 1.29 is 32.8 Å². The number of hydrogen-bond acceptors (Lipinski definition) is 7. The molecule has 9 nitrogen and oxygen atoms in total. The van der Waals surface area contributed by atoms with Crippen LogP contribution in [0.25, 0.3) is 27.7 Å². The van der Waals surface area contributed by atoms with E-state index >= 15 is 13.2 Å². The van der Waals surface area contributed by atoms with Crippen LogP contribution >= 0.6 is 0 Å². The summed E-state index contributed by atoms with van der Waals surface area (Å²) in [6.45, 7) is 0.769. The summed E-state index contributed by atoms with van der Waals surface area (Å²) in [4.78, 5) is 9.83. The van der Waals surface area contributed by atoms with Gasteiger partial charge < -0.3 is 19.4 Å². The first kappa shape index (κ1) is 24.5. The fourth-order valence-corrected chi connectivity index (χ4v) is 5.17. The smallest absolute Gasteiger partial charge is 0.280 e. The van der Waals surface area contributed by atoms with Crippen LogP contribution in [0.15, 0.2) is 24.4 Å². The number of nitrogens with zero attached hydrogens (tertiary/aromatic N) is 6. The lowest BCUT2D eigenvalue weighted by molar-refractivity contribution is -0.131. The maximum Gasteiger partial charge on any atom is 0.280 e.